The van der Waals surface area contributed by atoms with Crippen molar-refractivity contribution >= 4 is 22.2 Å². The van der Waals surface area contributed by atoms with Crippen molar-refractivity contribution in [2.75, 3.05) is 6.26 Å². The third kappa shape index (κ3) is 4.96. The Balaban J connectivity index is 2.86. The van der Waals surface area contributed by atoms with Crippen molar-refractivity contribution in [3.05, 3.63) is 29.8 Å². The molecule has 0 aliphatic rings. The van der Waals surface area contributed by atoms with E-state index in [1.165, 1.54) is 12.3 Å². The van der Waals surface area contributed by atoms with Crippen molar-refractivity contribution < 1.29 is 17.4 Å². The van der Waals surface area contributed by atoms with Gasteiger partial charge in [-0.25, -0.2) is 5.43 Å². The monoisotopic (exact) mass is 270 g/mol. The summed E-state index contributed by atoms with van der Waals surface area (Å²) in [6, 6.07) is 6.48. The molecule has 1 N–H and O–H groups in total. The molecular weight excluding hydrogens is 256 g/mol. The van der Waals surface area contributed by atoms with Gasteiger partial charge in [0.15, 0.2) is 5.75 Å². The van der Waals surface area contributed by atoms with E-state index in [0.717, 1.165) is 6.26 Å². The van der Waals surface area contributed by atoms with Gasteiger partial charge < -0.3 is 4.18 Å². The zero-order valence-electron chi connectivity index (χ0n) is 10.1. The molecule has 0 aliphatic heterocycles. The van der Waals surface area contributed by atoms with Crippen molar-refractivity contribution in [1.29, 1.82) is 0 Å². The Morgan fingerprint density at radius 2 is 2.11 bits per heavy atom. The molecule has 1 aromatic rings. The molecule has 0 heterocycles. The minimum atomic E-state index is -3.59. The first kappa shape index (κ1) is 14.2. The van der Waals surface area contributed by atoms with Gasteiger partial charge in [0.1, 0.15) is 0 Å². The lowest BCUT2D eigenvalue weighted by Crippen LogP contribution is -2.15. The van der Waals surface area contributed by atoms with E-state index in [4.69, 9.17) is 4.18 Å². The second kappa shape index (κ2) is 6.15. The smallest absolute Gasteiger partial charge is 0.306 e. The van der Waals surface area contributed by atoms with Crippen LogP contribution in [-0.2, 0) is 14.9 Å². The van der Waals surface area contributed by atoms with Crippen LogP contribution in [-0.4, -0.2) is 26.8 Å². The van der Waals surface area contributed by atoms with E-state index in [-0.39, 0.29) is 11.7 Å². The number of carbonyl (C=O) groups excluding carboxylic acids is 1. The molecular formula is C11H14N2O4S. The molecule has 0 radical (unpaired) electrons. The van der Waals surface area contributed by atoms with E-state index in [9.17, 15) is 13.2 Å². The number of hydrogen-bond donors (Lipinski definition) is 1. The van der Waals surface area contributed by atoms with Gasteiger partial charge in [-0.3, -0.25) is 4.79 Å². The molecule has 0 bridgehead atoms. The fraction of sp³-hybridized carbons (Fsp3) is 0.273. The summed E-state index contributed by atoms with van der Waals surface area (Å²) in [7, 11) is -3.59. The molecule has 18 heavy (non-hydrogen) atoms. The molecule has 6 nitrogen and oxygen atoms in total. The maximum atomic E-state index is 11.0. The first-order chi connectivity index (χ1) is 8.42. The molecule has 0 saturated heterocycles. The van der Waals surface area contributed by atoms with Gasteiger partial charge in [0.25, 0.3) is 0 Å². The number of carbonyl (C=O) groups is 1. The van der Waals surface area contributed by atoms with Crippen LogP contribution in [0.15, 0.2) is 29.4 Å². The number of hydrazone groups is 1. The number of para-hydroxylation sites is 1. The number of nitrogens with one attached hydrogen (secondary N) is 1. The largest absolute Gasteiger partial charge is 0.382 e. The van der Waals surface area contributed by atoms with Gasteiger partial charge in [-0.1, -0.05) is 19.1 Å². The van der Waals surface area contributed by atoms with Crippen LogP contribution in [0.2, 0.25) is 0 Å². The third-order valence-electron chi connectivity index (χ3n) is 1.87. The molecule has 1 rings (SSSR count). The summed E-state index contributed by atoms with van der Waals surface area (Å²) in [5.41, 5.74) is 2.75. The summed E-state index contributed by atoms with van der Waals surface area (Å²) in [5.74, 6) is -0.0674. The Bertz CT molecular complexity index is 552. The summed E-state index contributed by atoms with van der Waals surface area (Å²) in [6.07, 6.45) is 2.60. The van der Waals surface area contributed by atoms with Gasteiger partial charge in [0, 0.05) is 12.0 Å². The van der Waals surface area contributed by atoms with Crippen LogP contribution in [0.3, 0.4) is 0 Å². The van der Waals surface area contributed by atoms with Crippen LogP contribution in [0.25, 0.3) is 0 Å². The Morgan fingerprint density at radius 1 is 1.44 bits per heavy atom. The average molecular weight is 270 g/mol. The lowest BCUT2D eigenvalue weighted by atomic mass is 10.2. The molecule has 0 fully saturated rings. The first-order valence-electron chi connectivity index (χ1n) is 5.22. The summed E-state index contributed by atoms with van der Waals surface area (Å²) in [6.45, 7) is 1.70. The van der Waals surface area contributed by atoms with E-state index >= 15 is 0 Å². The molecule has 0 spiro atoms. The summed E-state index contributed by atoms with van der Waals surface area (Å²) in [4.78, 5) is 11.0. The van der Waals surface area contributed by atoms with Crippen molar-refractivity contribution in [3.63, 3.8) is 0 Å². The predicted molar refractivity (Wildman–Crippen MR) is 67.9 cm³/mol. The molecule has 0 atom stereocenters. The van der Waals surface area contributed by atoms with E-state index in [2.05, 4.69) is 10.5 Å². The van der Waals surface area contributed by atoms with Crippen molar-refractivity contribution in [1.82, 2.24) is 5.43 Å². The highest BCUT2D eigenvalue weighted by atomic mass is 32.2. The molecule has 7 heteroatoms. The standard InChI is InChI=1S/C11H14N2O4S/c1-3-11(14)13-12-8-9-6-4-5-7-10(9)17-18(2,15)16/h4-8H,3H2,1-2H3,(H,13,14)/b12-8+. The Labute approximate surface area is 106 Å². The fourth-order valence-corrected chi connectivity index (χ4v) is 1.56. The van der Waals surface area contributed by atoms with E-state index in [1.807, 2.05) is 0 Å². The second-order valence-corrected chi connectivity index (χ2v) is 5.05. The highest BCUT2D eigenvalue weighted by Gasteiger charge is 2.07. The highest BCUT2D eigenvalue weighted by Crippen LogP contribution is 2.17. The van der Waals surface area contributed by atoms with Gasteiger partial charge in [0.2, 0.25) is 5.91 Å². The number of hydrogen-bond acceptors (Lipinski definition) is 5. The minimum absolute atomic E-state index is 0.162. The maximum Gasteiger partial charge on any atom is 0.306 e. The number of rotatable bonds is 5. The van der Waals surface area contributed by atoms with Crippen LogP contribution >= 0.6 is 0 Å². The Hall–Kier alpha value is -1.89. The van der Waals surface area contributed by atoms with Crippen LogP contribution in [0.1, 0.15) is 18.9 Å². The van der Waals surface area contributed by atoms with Crippen LogP contribution in [0.5, 0.6) is 5.75 Å². The van der Waals surface area contributed by atoms with Crippen LogP contribution in [0, 0.1) is 0 Å². The first-order valence-corrected chi connectivity index (χ1v) is 7.04. The van der Waals surface area contributed by atoms with E-state index in [1.54, 1.807) is 25.1 Å². The SMILES string of the molecule is CCC(=O)N/N=C/c1ccccc1OS(C)(=O)=O. The predicted octanol–water partition coefficient (Wildman–Crippen LogP) is 0.885. The summed E-state index contributed by atoms with van der Waals surface area (Å²) < 4.78 is 26.9. The van der Waals surface area contributed by atoms with Gasteiger partial charge >= 0.3 is 10.1 Å². The number of amides is 1. The van der Waals surface area contributed by atoms with Crippen molar-refractivity contribution in [3.8, 4) is 5.75 Å². The molecule has 0 aliphatic carbocycles. The topological polar surface area (TPSA) is 84.8 Å². The Kier molecular flexibility index (Phi) is 4.85. The summed E-state index contributed by atoms with van der Waals surface area (Å²) >= 11 is 0. The second-order valence-electron chi connectivity index (χ2n) is 3.47. The lowest BCUT2D eigenvalue weighted by molar-refractivity contribution is -0.120. The van der Waals surface area contributed by atoms with Gasteiger partial charge in [-0.2, -0.15) is 13.5 Å². The maximum absolute atomic E-state index is 11.0. The van der Waals surface area contributed by atoms with Gasteiger partial charge in [-0.05, 0) is 12.1 Å². The molecule has 0 saturated carbocycles. The fourth-order valence-electron chi connectivity index (χ4n) is 1.08. The van der Waals surface area contributed by atoms with E-state index in [0.29, 0.717) is 12.0 Å². The highest BCUT2D eigenvalue weighted by molar-refractivity contribution is 7.86. The number of benzene rings is 1. The number of nitrogens with zero attached hydrogens (tertiary/aromatic N) is 1. The Morgan fingerprint density at radius 3 is 2.72 bits per heavy atom. The van der Waals surface area contributed by atoms with E-state index < -0.39 is 10.1 Å². The quantitative estimate of drug-likeness (QED) is 0.489. The lowest BCUT2D eigenvalue weighted by Gasteiger charge is -2.05. The summed E-state index contributed by atoms with van der Waals surface area (Å²) in [5, 5.41) is 3.70. The zero-order valence-corrected chi connectivity index (χ0v) is 10.9. The van der Waals surface area contributed by atoms with Crippen molar-refractivity contribution in [2.45, 2.75) is 13.3 Å². The molecule has 0 unspecified atom stereocenters. The van der Waals surface area contributed by atoms with Crippen LogP contribution in [0.4, 0.5) is 0 Å². The third-order valence-corrected chi connectivity index (χ3v) is 2.36. The van der Waals surface area contributed by atoms with Crippen molar-refractivity contribution in [2.24, 2.45) is 5.10 Å². The molecule has 98 valence electrons. The zero-order chi connectivity index (χ0) is 13.6. The van der Waals surface area contributed by atoms with Gasteiger partial charge in [-0.15, -0.1) is 0 Å². The average Bonchev–Trinajstić information content (AvgIpc) is 2.29. The van der Waals surface area contributed by atoms with Crippen LogP contribution < -0.4 is 9.61 Å². The molecule has 1 aromatic carbocycles. The van der Waals surface area contributed by atoms with Gasteiger partial charge in [0.05, 0.1) is 12.5 Å². The molecule has 1 amide bonds. The normalized spacial score (nSPS) is 11.4. The molecule has 0 aromatic heterocycles. The minimum Gasteiger partial charge on any atom is -0.382 e.